The summed E-state index contributed by atoms with van der Waals surface area (Å²) < 4.78 is 37.2. The van der Waals surface area contributed by atoms with Crippen molar-refractivity contribution < 1.29 is 13.2 Å². The Hall–Kier alpha value is -1.45. The minimum Gasteiger partial charge on any atom is -0.361 e. The summed E-state index contributed by atoms with van der Waals surface area (Å²) in [6, 6.07) is 4.06. The largest absolute Gasteiger partial charge is 0.416 e. The van der Waals surface area contributed by atoms with Crippen LogP contribution in [-0.2, 0) is 6.18 Å². The second kappa shape index (κ2) is 4.60. The molecule has 1 aromatic carbocycles. The Morgan fingerprint density at radius 3 is 2.31 bits per heavy atom. The van der Waals surface area contributed by atoms with Gasteiger partial charge >= 0.3 is 6.18 Å². The number of nitrogens with one attached hydrogen (secondary N) is 1. The highest BCUT2D eigenvalue weighted by atomic mass is 19.4. The Morgan fingerprint density at radius 1 is 1.12 bits per heavy atom. The van der Waals surface area contributed by atoms with E-state index in [0.717, 1.165) is 17.5 Å². The minimum absolute atomic E-state index is 0.525. The molecule has 2 rings (SSSR count). The van der Waals surface area contributed by atoms with Crippen LogP contribution in [0.25, 0.3) is 10.9 Å². The van der Waals surface area contributed by atoms with Crippen LogP contribution < -0.4 is 0 Å². The van der Waals surface area contributed by atoms with Crippen LogP contribution in [0, 0.1) is 6.92 Å². The number of fused-ring (bicyclic) bond motifs is 1. The van der Waals surface area contributed by atoms with E-state index in [1.807, 2.05) is 13.8 Å². The summed E-state index contributed by atoms with van der Waals surface area (Å²) in [6.45, 7) is 5.67. The van der Waals surface area contributed by atoms with Crippen LogP contribution in [0.5, 0.6) is 0 Å². The smallest absolute Gasteiger partial charge is 0.361 e. The summed E-state index contributed by atoms with van der Waals surface area (Å²) in [6.07, 6.45) is -2.64. The maximum absolute atomic E-state index is 12.4. The molecule has 4 heteroatoms. The molecule has 88 valence electrons. The van der Waals surface area contributed by atoms with E-state index in [1.54, 1.807) is 19.2 Å². The molecule has 0 radical (unpaired) electrons. The Bertz CT molecular complexity index is 469. The molecule has 0 aliphatic heterocycles. The third kappa shape index (κ3) is 2.38. The quantitative estimate of drug-likeness (QED) is 0.683. The molecule has 0 fully saturated rings. The molecule has 1 heterocycles. The Kier molecular flexibility index (Phi) is 3.62. The summed E-state index contributed by atoms with van der Waals surface area (Å²) >= 11 is 0. The lowest BCUT2D eigenvalue weighted by atomic mass is 10.1. The molecule has 0 aliphatic rings. The van der Waals surface area contributed by atoms with Gasteiger partial charge in [-0.2, -0.15) is 13.2 Å². The fourth-order valence-corrected chi connectivity index (χ4v) is 1.52. The average molecular weight is 229 g/mol. The maximum atomic E-state index is 12.4. The number of aromatic amines is 1. The van der Waals surface area contributed by atoms with E-state index in [-0.39, 0.29) is 0 Å². The number of aromatic nitrogens is 1. The van der Waals surface area contributed by atoms with Gasteiger partial charge in [0.25, 0.3) is 0 Å². The fraction of sp³-hybridized carbons (Fsp3) is 0.333. The van der Waals surface area contributed by atoms with Gasteiger partial charge in [-0.25, -0.2) is 0 Å². The van der Waals surface area contributed by atoms with E-state index in [0.29, 0.717) is 11.1 Å². The van der Waals surface area contributed by atoms with Gasteiger partial charge in [0, 0.05) is 17.1 Å². The van der Waals surface area contributed by atoms with Crippen molar-refractivity contribution in [1.82, 2.24) is 4.98 Å². The molecule has 0 saturated heterocycles. The lowest BCUT2D eigenvalue weighted by Gasteiger charge is -2.07. The molecule has 1 nitrogen and oxygen atoms in total. The van der Waals surface area contributed by atoms with E-state index < -0.39 is 11.7 Å². The van der Waals surface area contributed by atoms with Gasteiger partial charge in [0.15, 0.2) is 0 Å². The predicted octanol–water partition coefficient (Wildman–Crippen LogP) is 4.52. The topological polar surface area (TPSA) is 15.8 Å². The molecule has 0 aliphatic carbocycles. The number of benzene rings is 1. The number of hydrogen-bond donors (Lipinski definition) is 1. The van der Waals surface area contributed by atoms with Crippen molar-refractivity contribution >= 4 is 10.9 Å². The molecular weight excluding hydrogens is 215 g/mol. The van der Waals surface area contributed by atoms with Crippen LogP contribution in [0.2, 0.25) is 0 Å². The van der Waals surface area contributed by atoms with Crippen LogP contribution in [0.15, 0.2) is 24.4 Å². The van der Waals surface area contributed by atoms with E-state index >= 15 is 0 Å². The maximum Gasteiger partial charge on any atom is 0.416 e. The average Bonchev–Trinajstić information content (AvgIpc) is 2.68. The minimum atomic E-state index is -4.27. The van der Waals surface area contributed by atoms with E-state index in [9.17, 15) is 13.2 Å². The summed E-state index contributed by atoms with van der Waals surface area (Å²) in [4.78, 5) is 2.77. The third-order valence-corrected chi connectivity index (χ3v) is 2.20. The summed E-state index contributed by atoms with van der Waals surface area (Å²) in [5, 5.41) is 0.831. The van der Waals surface area contributed by atoms with Crippen LogP contribution in [0.3, 0.4) is 0 Å². The van der Waals surface area contributed by atoms with Crippen molar-refractivity contribution in [3.8, 4) is 0 Å². The van der Waals surface area contributed by atoms with Gasteiger partial charge in [-0.05, 0) is 30.7 Å². The highest BCUT2D eigenvalue weighted by molar-refractivity contribution is 5.83. The third-order valence-electron chi connectivity index (χ3n) is 2.20. The highest BCUT2D eigenvalue weighted by Gasteiger charge is 2.31. The van der Waals surface area contributed by atoms with E-state index in [4.69, 9.17) is 0 Å². The molecule has 1 N–H and O–H groups in total. The second-order valence-corrected chi connectivity index (χ2v) is 3.23. The first-order valence-electron chi connectivity index (χ1n) is 5.13. The molecule has 0 saturated carbocycles. The second-order valence-electron chi connectivity index (χ2n) is 3.23. The molecule has 0 atom stereocenters. The number of aryl methyl sites for hydroxylation is 1. The first-order chi connectivity index (χ1) is 7.48. The van der Waals surface area contributed by atoms with E-state index in [2.05, 4.69) is 4.98 Å². The number of alkyl halides is 3. The molecule has 2 aromatic rings. The number of halogens is 3. The first kappa shape index (κ1) is 12.6. The van der Waals surface area contributed by atoms with Gasteiger partial charge in [0.05, 0.1) is 5.56 Å². The molecule has 1 aromatic heterocycles. The molecule has 0 amide bonds. The van der Waals surface area contributed by atoms with Crippen LogP contribution in [-0.4, -0.2) is 4.98 Å². The van der Waals surface area contributed by atoms with Gasteiger partial charge < -0.3 is 4.98 Å². The highest BCUT2D eigenvalue weighted by Crippen LogP contribution is 2.32. The number of hydrogen-bond acceptors (Lipinski definition) is 0. The first-order valence-corrected chi connectivity index (χ1v) is 5.13. The Balaban J connectivity index is 0.000000606. The molecule has 0 bridgehead atoms. The van der Waals surface area contributed by atoms with Gasteiger partial charge in [0.1, 0.15) is 0 Å². The molecular formula is C12H14F3N. The lowest BCUT2D eigenvalue weighted by molar-refractivity contribution is -0.137. The standard InChI is InChI=1S/C10H8F3N.C2H6/c1-6-4-7(10(11,12)13)5-9-8(6)2-3-14-9;1-2/h2-5,14H,1H3;1-2H3. The van der Waals surface area contributed by atoms with Crippen LogP contribution >= 0.6 is 0 Å². The zero-order valence-electron chi connectivity index (χ0n) is 9.44. The molecule has 0 unspecified atom stereocenters. The fourth-order valence-electron chi connectivity index (χ4n) is 1.52. The van der Waals surface area contributed by atoms with Gasteiger partial charge in [-0.1, -0.05) is 13.8 Å². The zero-order valence-corrected chi connectivity index (χ0v) is 9.44. The van der Waals surface area contributed by atoms with Crippen molar-refractivity contribution in [2.24, 2.45) is 0 Å². The van der Waals surface area contributed by atoms with Crippen molar-refractivity contribution in [1.29, 1.82) is 0 Å². The van der Waals surface area contributed by atoms with E-state index in [1.165, 1.54) is 0 Å². The summed E-state index contributed by atoms with van der Waals surface area (Å²) in [7, 11) is 0. The SMILES string of the molecule is CC.Cc1cc(C(F)(F)F)cc2[nH]ccc12. The lowest BCUT2D eigenvalue weighted by Crippen LogP contribution is -2.04. The summed E-state index contributed by atoms with van der Waals surface area (Å²) in [5.74, 6) is 0. The van der Waals surface area contributed by atoms with Gasteiger partial charge in [-0.3, -0.25) is 0 Å². The van der Waals surface area contributed by atoms with Crippen LogP contribution in [0.4, 0.5) is 13.2 Å². The predicted molar refractivity (Wildman–Crippen MR) is 59.4 cm³/mol. The Labute approximate surface area is 92.3 Å². The van der Waals surface area contributed by atoms with Crippen molar-refractivity contribution in [2.45, 2.75) is 26.9 Å². The van der Waals surface area contributed by atoms with Crippen LogP contribution in [0.1, 0.15) is 25.0 Å². The van der Waals surface area contributed by atoms with Crippen molar-refractivity contribution in [3.05, 3.63) is 35.5 Å². The number of rotatable bonds is 0. The summed E-state index contributed by atoms with van der Waals surface area (Å²) in [5.41, 5.74) is 0.554. The molecule has 16 heavy (non-hydrogen) atoms. The zero-order chi connectivity index (χ0) is 12.3. The number of H-pyrrole nitrogens is 1. The normalized spacial score (nSPS) is 11.1. The Morgan fingerprint density at radius 2 is 1.75 bits per heavy atom. The monoisotopic (exact) mass is 229 g/mol. The molecule has 0 spiro atoms. The van der Waals surface area contributed by atoms with Crippen molar-refractivity contribution in [3.63, 3.8) is 0 Å². The van der Waals surface area contributed by atoms with Gasteiger partial charge in [-0.15, -0.1) is 0 Å². The van der Waals surface area contributed by atoms with Crippen molar-refractivity contribution in [2.75, 3.05) is 0 Å². The van der Waals surface area contributed by atoms with Gasteiger partial charge in [0.2, 0.25) is 0 Å².